The molecule has 7 nitrogen and oxygen atoms in total. The van der Waals surface area contributed by atoms with Crippen LogP contribution in [0.5, 0.6) is 5.75 Å². The minimum absolute atomic E-state index is 0.0801. The molecule has 146 valence electrons. The maximum atomic E-state index is 12.6. The average molecular weight is 380 g/mol. The van der Waals surface area contributed by atoms with Crippen LogP contribution in [-0.4, -0.2) is 49.4 Å². The first kappa shape index (κ1) is 18.2. The van der Waals surface area contributed by atoms with Gasteiger partial charge in [0.1, 0.15) is 11.4 Å². The van der Waals surface area contributed by atoms with Crippen molar-refractivity contribution in [2.75, 3.05) is 38.2 Å². The maximum Gasteiger partial charge on any atom is 0.317 e. The number of amides is 2. The predicted molar refractivity (Wildman–Crippen MR) is 108 cm³/mol. The molecule has 0 unspecified atom stereocenters. The molecule has 2 aromatic carbocycles. The summed E-state index contributed by atoms with van der Waals surface area (Å²) in [6, 6.07) is 13.8. The standard InChI is InChI=1S/C21H24N4O3/c1-15-7-8-19-16(13-15)17(23-28-19)14-22-21(26)25-11-9-24(10-12-25)18-5-3-4-6-20(18)27-2/h3-8,13H,9-12,14H2,1-2H3,(H,22,26). The molecule has 1 aromatic heterocycles. The Bertz CT molecular complexity index is 977. The van der Waals surface area contributed by atoms with Crippen LogP contribution in [0.2, 0.25) is 0 Å². The highest BCUT2D eigenvalue weighted by Crippen LogP contribution is 2.28. The van der Waals surface area contributed by atoms with E-state index in [1.807, 2.05) is 54.3 Å². The highest BCUT2D eigenvalue weighted by atomic mass is 16.5. The van der Waals surface area contributed by atoms with Crippen LogP contribution in [0.15, 0.2) is 47.0 Å². The van der Waals surface area contributed by atoms with Crippen molar-refractivity contribution in [2.24, 2.45) is 0 Å². The van der Waals surface area contributed by atoms with Crippen LogP contribution in [0.25, 0.3) is 11.0 Å². The lowest BCUT2D eigenvalue weighted by molar-refractivity contribution is 0.193. The predicted octanol–water partition coefficient (Wildman–Crippen LogP) is 3.18. The minimum Gasteiger partial charge on any atom is -0.495 e. The molecule has 1 N–H and O–H groups in total. The molecule has 2 amide bonds. The molecule has 7 heteroatoms. The number of methoxy groups -OCH3 is 1. The van der Waals surface area contributed by atoms with Crippen LogP contribution in [0, 0.1) is 6.92 Å². The monoisotopic (exact) mass is 380 g/mol. The molecule has 0 aliphatic carbocycles. The molecule has 0 spiro atoms. The summed E-state index contributed by atoms with van der Waals surface area (Å²) in [5.74, 6) is 0.855. The molecule has 3 aromatic rings. The number of ether oxygens (including phenoxy) is 1. The molecule has 0 radical (unpaired) electrons. The number of nitrogens with one attached hydrogen (secondary N) is 1. The van der Waals surface area contributed by atoms with Gasteiger partial charge in [0.25, 0.3) is 0 Å². The molecule has 2 heterocycles. The van der Waals surface area contributed by atoms with E-state index in [9.17, 15) is 4.79 Å². The van der Waals surface area contributed by atoms with Crippen molar-refractivity contribution in [3.63, 3.8) is 0 Å². The number of carbonyl (C=O) groups is 1. The zero-order valence-corrected chi connectivity index (χ0v) is 16.1. The normalized spacial score (nSPS) is 14.4. The Morgan fingerprint density at radius 1 is 1.18 bits per heavy atom. The lowest BCUT2D eigenvalue weighted by Gasteiger charge is -2.36. The maximum absolute atomic E-state index is 12.6. The third kappa shape index (κ3) is 3.60. The van der Waals surface area contributed by atoms with E-state index in [-0.39, 0.29) is 6.03 Å². The van der Waals surface area contributed by atoms with Gasteiger partial charge < -0.3 is 24.4 Å². The molecule has 0 atom stereocenters. The van der Waals surface area contributed by atoms with Crippen molar-refractivity contribution >= 4 is 22.7 Å². The van der Waals surface area contributed by atoms with Gasteiger partial charge in [0.2, 0.25) is 0 Å². The molecule has 0 saturated carbocycles. The van der Waals surface area contributed by atoms with Crippen LogP contribution in [0.1, 0.15) is 11.3 Å². The van der Waals surface area contributed by atoms with Gasteiger partial charge >= 0.3 is 6.03 Å². The van der Waals surface area contributed by atoms with E-state index in [1.165, 1.54) is 0 Å². The third-order valence-electron chi connectivity index (χ3n) is 5.10. The summed E-state index contributed by atoms with van der Waals surface area (Å²) in [5.41, 5.74) is 3.69. The van der Waals surface area contributed by atoms with Gasteiger partial charge in [-0.3, -0.25) is 0 Å². The first-order valence-corrected chi connectivity index (χ1v) is 9.41. The number of piperazine rings is 1. The summed E-state index contributed by atoms with van der Waals surface area (Å²) < 4.78 is 10.8. The fourth-order valence-electron chi connectivity index (χ4n) is 3.54. The molecule has 1 fully saturated rings. The average Bonchev–Trinajstić information content (AvgIpc) is 3.14. The smallest absolute Gasteiger partial charge is 0.317 e. The fraction of sp³-hybridized carbons (Fsp3) is 0.333. The van der Waals surface area contributed by atoms with Crippen molar-refractivity contribution in [1.29, 1.82) is 0 Å². The summed E-state index contributed by atoms with van der Waals surface area (Å²) in [4.78, 5) is 16.7. The number of aromatic nitrogens is 1. The number of anilines is 1. The Kier molecular flexibility index (Phi) is 5.06. The molecule has 1 saturated heterocycles. The van der Waals surface area contributed by atoms with E-state index >= 15 is 0 Å². The number of fused-ring (bicyclic) bond motifs is 1. The van der Waals surface area contributed by atoms with Crippen molar-refractivity contribution < 1.29 is 14.1 Å². The highest BCUT2D eigenvalue weighted by Gasteiger charge is 2.23. The lowest BCUT2D eigenvalue weighted by Crippen LogP contribution is -2.51. The quantitative estimate of drug-likeness (QED) is 0.753. The summed E-state index contributed by atoms with van der Waals surface area (Å²) in [6.07, 6.45) is 0. The zero-order valence-electron chi connectivity index (χ0n) is 16.1. The molecular formula is C21H24N4O3. The third-order valence-corrected chi connectivity index (χ3v) is 5.10. The second-order valence-corrected chi connectivity index (χ2v) is 6.93. The van der Waals surface area contributed by atoms with E-state index < -0.39 is 0 Å². The number of nitrogens with zero attached hydrogens (tertiary/aromatic N) is 3. The van der Waals surface area contributed by atoms with Gasteiger partial charge in [-0.25, -0.2) is 4.79 Å². The van der Waals surface area contributed by atoms with Crippen LogP contribution in [0.4, 0.5) is 10.5 Å². The summed E-state index contributed by atoms with van der Waals surface area (Å²) in [6.45, 7) is 5.21. The van der Waals surface area contributed by atoms with Gasteiger partial charge in [-0.2, -0.15) is 0 Å². The molecule has 0 bridgehead atoms. The van der Waals surface area contributed by atoms with Gasteiger partial charge in [-0.1, -0.05) is 28.9 Å². The second-order valence-electron chi connectivity index (χ2n) is 6.93. The van der Waals surface area contributed by atoms with E-state index in [1.54, 1.807) is 7.11 Å². The largest absolute Gasteiger partial charge is 0.495 e. The van der Waals surface area contributed by atoms with Gasteiger partial charge in [0.05, 0.1) is 19.3 Å². The lowest BCUT2D eigenvalue weighted by atomic mass is 10.1. The van der Waals surface area contributed by atoms with Crippen molar-refractivity contribution in [2.45, 2.75) is 13.5 Å². The molecular weight excluding hydrogens is 356 g/mol. The SMILES string of the molecule is COc1ccccc1N1CCN(C(=O)NCc2noc3ccc(C)cc23)CC1. The number of para-hydroxylation sites is 2. The van der Waals surface area contributed by atoms with Crippen LogP contribution in [0.3, 0.4) is 0 Å². The highest BCUT2D eigenvalue weighted by molar-refractivity contribution is 5.81. The molecule has 4 rings (SSSR count). The number of urea groups is 1. The number of hydrogen-bond donors (Lipinski definition) is 1. The topological polar surface area (TPSA) is 70.8 Å². The number of benzene rings is 2. The number of hydrogen-bond acceptors (Lipinski definition) is 5. The van der Waals surface area contributed by atoms with Gasteiger partial charge in [-0.05, 0) is 31.2 Å². The van der Waals surface area contributed by atoms with Crippen LogP contribution in [-0.2, 0) is 6.54 Å². The number of carbonyl (C=O) groups excluding carboxylic acids is 1. The zero-order chi connectivity index (χ0) is 19.5. The second kappa shape index (κ2) is 7.80. The number of aryl methyl sites for hydroxylation is 1. The van der Waals surface area contributed by atoms with Crippen molar-refractivity contribution in [3.8, 4) is 5.75 Å². The Labute approximate surface area is 163 Å². The Hall–Kier alpha value is -3.22. The Morgan fingerprint density at radius 2 is 1.96 bits per heavy atom. The van der Waals surface area contributed by atoms with E-state index in [2.05, 4.69) is 15.4 Å². The Balaban J connectivity index is 1.34. The molecule has 1 aliphatic rings. The molecule has 1 aliphatic heterocycles. The van der Waals surface area contributed by atoms with Crippen LogP contribution < -0.4 is 15.0 Å². The Morgan fingerprint density at radius 3 is 2.75 bits per heavy atom. The van der Waals surface area contributed by atoms with Gasteiger partial charge in [-0.15, -0.1) is 0 Å². The summed E-state index contributed by atoms with van der Waals surface area (Å²) in [7, 11) is 1.68. The molecule has 28 heavy (non-hydrogen) atoms. The van der Waals surface area contributed by atoms with Crippen molar-refractivity contribution in [1.82, 2.24) is 15.4 Å². The fourth-order valence-corrected chi connectivity index (χ4v) is 3.54. The first-order valence-electron chi connectivity index (χ1n) is 9.41. The van der Waals surface area contributed by atoms with Crippen LogP contribution >= 0.6 is 0 Å². The van der Waals surface area contributed by atoms with E-state index in [0.29, 0.717) is 19.6 Å². The van der Waals surface area contributed by atoms with Gasteiger partial charge in [0.15, 0.2) is 5.58 Å². The van der Waals surface area contributed by atoms with E-state index in [0.717, 1.165) is 46.8 Å². The number of rotatable bonds is 4. The van der Waals surface area contributed by atoms with Crippen molar-refractivity contribution in [3.05, 3.63) is 53.7 Å². The summed E-state index contributed by atoms with van der Waals surface area (Å²) >= 11 is 0. The van der Waals surface area contributed by atoms with Gasteiger partial charge in [0, 0.05) is 31.6 Å². The summed E-state index contributed by atoms with van der Waals surface area (Å²) in [5, 5.41) is 8.00. The minimum atomic E-state index is -0.0801. The van der Waals surface area contributed by atoms with E-state index in [4.69, 9.17) is 9.26 Å². The first-order chi connectivity index (χ1) is 13.7.